The maximum Gasteiger partial charge on any atom is 0.417 e. The highest BCUT2D eigenvalue weighted by atomic mass is 35.5. The van der Waals surface area contributed by atoms with Crippen LogP contribution < -0.4 is 10.2 Å². The van der Waals surface area contributed by atoms with E-state index >= 15 is 0 Å². The van der Waals surface area contributed by atoms with Gasteiger partial charge in [-0.15, -0.1) is 0 Å². The minimum Gasteiger partial charge on any atom is -0.484 e. The average Bonchev–Trinajstić information content (AvgIpc) is 2.57. The number of ether oxygens (including phenoxy) is 1. The van der Waals surface area contributed by atoms with Crippen molar-refractivity contribution in [2.75, 3.05) is 6.61 Å². The molecule has 2 rings (SSSR count). The van der Waals surface area contributed by atoms with Crippen LogP contribution >= 0.6 is 11.6 Å². The largest absolute Gasteiger partial charge is 0.484 e. The van der Waals surface area contributed by atoms with E-state index in [1.54, 1.807) is 12.1 Å². The number of carbonyl (C=O) groups excluding carboxylic acids is 1. The van der Waals surface area contributed by atoms with Gasteiger partial charge in [-0.05, 0) is 43.2 Å². The van der Waals surface area contributed by atoms with E-state index in [1.165, 1.54) is 18.2 Å². The number of alkyl halides is 3. The van der Waals surface area contributed by atoms with Crippen LogP contribution in [0, 0.1) is 13.8 Å². The normalized spacial score (nSPS) is 11.6. The number of hydrogen-bond donors (Lipinski definition) is 1. The summed E-state index contributed by atoms with van der Waals surface area (Å²) in [5, 5.41) is 4.17. The van der Waals surface area contributed by atoms with Crippen LogP contribution in [-0.2, 0) is 11.0 Å². The number of aryl methyl sites for hydroxylation is 2. The van der Waals surface area contributed by atoms with Crippen molar-refractivity contribution in [3.8, 4) is 5.75 Å². The van der Waals surface area contributed by atoms with Gasteiger partial charge < -0.3 is 4.74 Å². The van der Waals surface area contributed by atoms with Crippen LogP contribution in [0.15, 0.2) is 41.5 Å². The van der Waals surface area contributed by atoms with Gasteiger partial charge in [0.05, 0.1) is 11.8 Å². The Balaban J connectivity index is 1.95. The third kappa shape index (κ3) is 5.23. The molecule has 0 unspecified atom stereocenters. The van der Waals surface area contributed by atoms with Gasteiger partial charge in [0.1, 0.15) is 5.75 Å². The number of nitrogens with zero attached hydrogens (tertiary/aromatic N) is 1. The van der Waals surface area contributed by atoms with Crippen LogP contribution in [0.5, 0.6) is 5.75 Å². The first kappa shape index (κ1) is 19.8. The molecule has 0 aromatic heterocycles. The SMILES string of the molecule is Cc1cc(OCC(=O)NN=Cc2ccccc2C(F)(F)F)cc(C)c1Cl. The first-order valence-corrected chi connectivity index (χ1v) is 7.94. The molecule has 0 aliphatic rings. The molecule has 2 aromatic carbocycles. The summed E-state index contributed by atoms with van der Waals surface area (Å²) < 4.78 is 43.9. The summed E-state index contributed by atoms with van der Waals surface area (Å²) in [5.74, 6) is -0.137. The fourth-order valence-electron chi connectivity index (χ4n) is 2.21. The molecule has 0 radical (unpaired) electrons. The van der Waals surface area contributed by atoms with Crippen molar-refractivity contribution in [3.05, 3.63) is 63.7 Å². The summed E-state index contributed by atoms with van der Waals surface area (Å²) in [4.78, 5) is 11.7. The van der Waals surface area contributed by atoms with Crippen LogP contribution in [0.25, 0.3) is 0 Å². The summed E-state index contributed by atoms with van der Waals surface area (Å²) in [7, 11) is 0. The summed E-state index contributed by atoms with van der Waals surface area (Å²) in [6.45, 7) is 3.29. The third-order valence-corrected chi connectivity index (χ3v) is 4.04. The molecule has 1 amide bonds. The standard InChI is InChI=1S/C18H16ClF3N2O2/c1-11-7-14(8-12(2)17(11)19)26-10-16(25)24-23-9-13-5-3-4-6-15(13)18(20,21)22/h3-9H,10H2,1-2H3,(H,24,25). The molecule has 0 spiro atoms. The Morgan fingerprint density at radius 1 is 1.23 bits per heavy atom. The predicted molar refractivity (Wildman–Crippen MR) is 93.6 cm³/mol. The lowest BCUT2D eigenvalue weighted by Gasteiger charge is -2.10. The van der Waals surface area contributed by atoms with Gasteiger partial charge in [0, 0.05) is 10.6 Å². The van der Waals surface area contributed by atoms with E-state index in [0.29, 0.717) is 10.8 Å². The van der Waals surface area contributed by atoms with Crippen molar-refractivity contribution < 1.29 is 22.7 Å². The monoisotopic (exact) mass is 384 g/mol. The van der Waals surface area contributed by atoms with Crippen molar-refractivity contribution in [1.82, 2.24) is 5.43 Å². The molecule has 0 bridgehead atoms. The lowest BCUT2D eigenvalue weighted by atomic mass is 10.1. The van der Waals surface area contributed by atoms with Gasteiger partial charge in [0.15, 0.2) is 6.61 Å². The van der Waals surface area contributed by atoms with Gasteiger partial charge in [-0.25, -0.2) is 5.43 Å². The third-order valence-electron chi connectivity index (χ3n) is 3.44. The molecular formula is C18H16ClF3N2O2. The molecule has 26 heavy (non-hydrogen) atoms. The molecule has 4 nitrogen and oxygen atoms in total. The molecule has 0 saturated carbocycles. The van der Waals surface area contributed by atoms with E-state index in [1.807, 2.05) is 13.8 Å². The van der Waals surface area contributed by atoms with Crippen LogP contribution in [0.4, 0.5) is 13.2 Å². The van der Waals surface area contributed by atoms with E-state index in [-0.39, 0.29) is 12.2 Å². The maximum atomic E-state index is 12.9. The molecular weight excluding hydrogens is 369 g/mol. The molecule has 0 fully saturated rings. The Morgan fingerprint density at radius 2 is 1.85 bits per heavy atom. The number of amides is 1. The first-order valence-electron chi connectivity index (χ1n) is 7.56. The lowest BCUT2D eigenvalue weighted by molar-refractivity contribution is -0.137. The van der Waals surface area contributed by atoms with Gasteiger partial charge in [-0.3, -0.25) is 4.79 Å². The number of rotatable bonds is 5. The molecule has 138 valence electrons. The van der Waals surface area contributed by atoms with Crippen molar-refractivity contribution in [2.24, 2.45) is 5.10 Å². The fourth-order valence-corrected chi connectivity index (χ4v) is 2.32. The Labute approximate surface area is 153 Å². The summed E-state index contributed by atoms with van der Waals surface area (Å²) in [6, 6.07) is 8.30. The van der Waals surface area contributed by atoms with E-state index < -0.39 is 17.6 Å². The number of carbonyl (C=O) groups is 1. The number of benzene rings is 2. The first-order chi connectivity index (χ1) is 12.2. The lowest BCUT2D eigenvalue weighted by Crippen LogP contribution is -2.24. The smallest absolute Gasteiger partial charge is 0.417 e. The molecule has 1 N–H and O–H groups in total. The summed E-state index contributed by atoms with van der Waals surface area (Å²) in [6.07, 6.45) is -3.56. The topological polar surface area (TPSA) is 50.7 Å². The molecule has 0 saturated heterocycles. The van der Waals surface area contributed by atoms with E-state index in [9.17, 15) is 18.0 Å². The van der Waals surface area contributed by atoms with Gasteiger partial charge >= 0.3 is 6.18 Å². The van der Waals surface area contributed by atoms with E-state index in [4.69, 9.17) is 16.3 Å². The van der Waals surface area contributed by atoms with E-state index in [2.05, 4.69) is 10.5 Å². The quantitative estimate of drug-likeness (QED) is 0.609. The minimum absolute atomic E-state index is 0.148. The Bertz CT molecular complexity index is 812. The second-order valence-corrected chi connectivity index (χ2v) is 5.92. The maximum absolute atomic E-state index is 12.9. The second kappa shape index (κ2) is 8.23. The van der Waals surface area contributed by atoms with Crippen molar-refractivity contribution >= 4 is 23.7 Å². The molecule has 2 aromatic rings. The number of hydrogen-bond acceptors (Lipinski definition) is 3. The molecule has 0 aliphatic heterocycles. The van der Waals surface area contributed by atoms with Crippen LogP contribution in [0.1, 0.15) is 22.3 Å². The van der Waals surface area contributed by atoms with Crippen molar-refractivity contribution in [3.63, 3.8) is 0 Å². The van der Waals surface area contributed by atoms with Gasteiger partial charge in [-0.1, -0.05) is 29.8 Å². The average molecular weight is 385 g/mol. The highest BCUT2D eigenvalue weighted by molar-refractivity contribution is 6.32. The second-order valence-electron chi connectivity index (χ2n) is 5.54. The Kier molecular flexibility index (Phi) is 6.26. The van der Waals surface area contributed by atoms with Crippen molar-refractivity contribution in [1.29, 1.82) is 0 Å². The Morgan fingerprint density at radius 3 is 2.46 bits per heavy atom. The van der Waals surface area contributed by atoms with Crippen LogP contribution in [0.3, 0.4) is 0 Å². The molecule has 8 heteroatoms. The number of hydrazone groups is 1. The molecule has 0 atom stereocenters. The van der Waals surface area contributed by atoms with Gasteiger partial charge in [0.2, 0.25) is 0 Å². The van der Waals surface area contributed by atoms with Gasteiger partial charge in [-0.2, -0.15) is 18.3 Å². The zero-order chi connectivity index (χ0) is 19.3. The number of halogens is 4. The molecule has 0 heterocycles. The van der Waals surface area contributed by atoms with E-state index in [0.717, 1.165) is 23.4 Å². The Hall–Kier alpha value is -2.54. The zero-order valence-corrected chi connectivity index (χ0v) is 14.8. The van der Waals surface area contributed by atoms with Crippen LogP contribution in [-0.4, -0.2) is 18.7 Å². The molecule has 0 aliphatic carbocycles. The zero-order valence-electron chi connectivity index (χ0n) is 14.0. The van der Waals surface area contributed by atoms with Gasteiger partial charge in [0.25, 0.3) is 5.91 Å². The number of nitrogens with one attached hydrogen (secondary N) is 1. The highest BCUT2D eigenvalue weighted by Gasteiger charge is 2.32. The fraction of sp³-hybridized carbons (Fsp3) is 0.222. The van der Waals surface area contributed by atoms with Crippen molar-refractivity contribution in [2.45, 2.75) is 20.0 Å². The minimum atomic E-state index is -4.50. The summed E-state index contributed by atoms with van der Waals surface area (Å²) in [5.41, 5.74) is 2.77. The predicted octanol–water partition coefficient (Wildman–Crippen LogP) is 4.50. The summed E-state index contributed by atoms with van der Waals surface area (Å²) >= 11 is 6.05. The van der Waals surface area contributed by atoms with Crippen LogP contribution in [0.2, 0.25) is 5.02 Å². The highest BCUT2D eigenvalue weighted by Crippen LogP contribution is 2.31.